The average molecular weight is 673 g/mol. The third kappa shape index (κ3) is 5.93. The van der Waals surface area contributed by atoms with Crippen molar-refractivity contribution in [2.24, 2.45) is 0 Å². The molecule has 1 N–H and O–H groups in total. The van der Waals surface area contributed by atoms with E-state index in [-0.39, 0.29) is 6.61 Å². The number of hydrogen-bond acceptors (Lipinski definition) is 4. The maximum atomic E-state index is 14.5. The summed E-state index contributed by atoms with van der Waals surface area (Å²) < 4.78 is 35.5. The van der Waals surface area contributed by atoms with Gasteiger partial charge < -0.3 is 14.4 Å². The second-order valence-corrected chi connectivity index (χ2v) is 12.8. The number of rotatable bonds is 9. The molecule has 2 atom stereocenters. The second kappa shape index (κ2) is 13.7. The number of benzene rings is 5. The van der Waals surface area contributed by atoms with Crippen molar-refractivity contribution >= 4 is 51.4 Å². The van der Waals surface area contributed by atoms with Crippen LogP contribution in [-0.4, -0.2) is 40.0 Å². The molecule has 0 spiro atoms. The maximum absolute atomic E-state index is 14.5. The number of methoxy groups -OCH3 is 1. The smallest absolute Gasteiger partial charge is 0.337 e. The van der Waals surface area contributed by atoms with Gasteiger partial charge in [-0.05, 0) is 65.2 Å². The van der Waals surface area contributed by atoms with E-state index in [2.05, 4.69) is 0 Å². The van der Waals surface area contributed by atoms with Gasteiger partial charge in [-0.2, -0.15) is 3.97 Å². The topological polar surface area (TPSA) is 74.5 Å². The van der Waals surface area contributed by atoms with Gasteiger partial charge in [0.05, 0.1) is 31.5 Å². The lowest BCUT2D eigenvalue weighted by molar-refractivity contribution is 0.0600. The van der Waals surface area contributed by atoms with Crippen molar-refractivity contribution in [3.05, 3.63) is 136 Å². The number of carbonyl (C=O) groups is 1. The van der Waals surface area contributed by atoms with Crippen LogP contribution < -0.4 is 0 Å². The number of esters is 1. The fourth-order valence-corrected chi connectivity index (χ4v) is 7.41. The van der Waals surface area contributed by atoms with Gasteiger partial charge in [-0.3, -0.25) is 4.39 Å². The molecule has 0 aliphatic heterocycles. The summed E-state index contributed by atoms with van der Waals surface area (Å²) in [6.07, 6.45) is 0. The third-order valence-electron chi connectivity index (χ3n) is 7.93. The molecule has 1 aromatic heterocycles. The molecule has 0 saturated carbocycles. The average Bonchev–Trinajstić information content (AvgIpc) is 3.44. The number of para-hydroxylation sites is 1. The molecule has 2 unspecified atom stereocenters. The highest BCUT2D eigenvalue weighted by molar-refractivity contribution is 7.90. The molecule has 0 aliphatic carbocycles. The predicted molar refractivity (Wildman–Crippen MR) is 184 cm³/mol. The van der Waals surface area contributed by atoms with Crippen molar-refractivity contribution in [2.75, 3.05) is 20.4 Å². The van der Waals surface area contributed by atoms with E-state index in [1.54, 1.807) is 46.4 Å². The molecule has 5 nitrogen and oxygen atoms in total. The van der Waals surface area contributed by atoms with E-state index in [4.69, 9.17) is 27.9 Å². The molecule has 6 aromatic rings. The van der Waals surface area contributed by atoms with E-state index in [1.807, 2.05) is 72.8 Å². The number of aliphatic hydroxyl groups is 1. The summed E-state index contributed by atoms with van der Waals surface area (Å²) in [4.78, 5) is 12.6. The molecule has 9 heteroatoms. The summed E-state index contributed by atoms with van der Waals surface area (Å²) >= 11 is 11.1. The fourth-order valence-electron chi connectivity index (χ4n) is 5.71. The predicted octanol–water partition coefficient (Wildman–Crippen LogP) is 9.35. The number of aliphatic hydroxyl groups excluding tert-OH is 1. The van der Waals surface area contributed by atoms with Gasteiger partial charge in [0.1, 0.15) is 17.1 Å². The molecule has 0 aliphatic rings. The lowest BCUT2D eigenvalue weighted by Gasteiger charge is -2.19. The van der Waals surface area contributed by atoms with Crippen molar-refractivity contribution in [1.82, 2.24) is 3.97 Å². The number of fused-ring (bicyclic) bond motifs is 1. The van der Waals surface area contributed by atoms with Gasteiger partial charge in [-0.15, -0.1) is 0 Å². The minimum absolute atomic E-state index is 0.330. The first-order valence-corrected chi connectivity index (χ1v) is 16.3. The molecule has 0 bridgehead atoms. The van der Waals surface area contributed by atoms with E-state index in [9.17, 15) is 18.8 Å². The molecule has 1 heterocycles. The van der Waals surface area contributed by atoms with Gasteiger partial charge in [0, 0.05) is 38.0 Å². The lowest BCUT2D eigenvalue weighted by Crippen LogP contribution is -2.14. The Hall–Kier alpha value is -4.11. The third-order valence-corrected chi connectivity index (χ3v) is 9.88. The number of alkyl halides is 1. The first-order chi connectivity index (χ1) is 22.4. The number of hydrogen-bond donors (Lipinski definition) is 1. The summed E-state index contributed by atoms with van der Waals surface area (Å²) in [5.41, 5.74) is 6.00. The zero-order valence-corrected chi connectivity index (χ0v) is 27.0. The number of ether oxygens (including phenoxy) is 1. The molecule has 0 amide bonds. The van der Waals surface area contributed by atoms with E-state index in [0.717, 1.165) is 27.6 Å². The largest absolute Gasteiger partial charge is 0.587 e. The Bertz CT molecular complexity index is 2040. The van der Waals surface area contributed by atoms with Gasteiger partial charge in [-0.1, -0.05) is 89.9 Å². The number of aromatic nitrogens is 1. The normalized spacial score (nSPS) is 12.7. The highest BCUT2D eigenvalue weighted by Gasteiger charge is 2.30. The minimum atomic E-state index is -1.72. The Labute approximate surface area is 279 Å². The van der Waals surface area contributed by atoms with Crippen molar-refractivity contribution in [3.8, 4) is 33.5 Å². The summed E-state index contributed by atoms with van der Waals surface area (Å²) in [6, 6.07) is 34.6. The minimum Gasteiger partial charge on any atom is -0.587 e. The molecule has 5 aromatic carbocycles. The molecule has 232 valence electrons. The van der Waals surface area contributed by atoms with Gasteiger partial charge >= 0.3 is 5.97 Å². The van der Waals surface area contributed by atoms with Crippen LogP contribution in [0.5, 0.6) is 0 Å². The van der Waals surface area contributed by atoms with Crippen LogP contribution in [0, 0.1) is 0 Å². The van der Waals surface area contributed by atoms with Crippen LogP contribution in [-0.2, 0) is 16.1 Å². The summed E-state index contributed by atoms with van der Waals surface area (Å²) in [6.45, 7) is -1.11. The second-order valence-electron chi connectivity index (χ2n) is 10.6. The first-order valence-electron chi connectivity index (χ1n) is 14.4. The highest BCUT2D eigenvalue weighted by Crippen LogP contribution is 2.46. The maximum Gasteiger partial charge on any atom is 0.337 e. The standard InChI is InChI=1S/C37H28Cl2FNO4S/c1-45-37(43)25-13-18-30(33(39)20-25)23-7-6-8-24(19-23)36-35(31-10-3-2-9-29(31)26(21-40)22-42)32-11-4-5-12-34(32)41(36)46(44)28-16-14-27(38)15-17-28/h2-20,26,42H,21-22H2,1H3. The van der Waals surface area contributed by atoms with Crippen LogP contribution >= 0.6 is 23.2 Å². The van der Waals surface area contributed by atoms with Crippen LogP contribution in [0.1, 0.15) is 21.8 Å². The SMILES string of the molecule is COC(=O)c1ccc(-c2cccc(-c3c(-c4ccccc4C(CO)CF)c4ccccc4n3[S+]([O-])c3ccc(Cl)cc3)c2)c(Cl)c1. The summed E-state index contributed by atoms with van der Waals surface area (Å²) in [5.74, 6) is -1.24. The van der Waals surface area contributed by atoms with Gasteiger partial charge in [0.15, 0.2) is 4.90 Å². The Morgan fingerprint density at radius 2 is 1.61 bits per heavy atom. The molecule has 6 rings (SSSR count). The van der Waals surface area contributed by atoms with Gasteiger partial charge in [0.25, 0.3) is 0 Å². The highest BCUT2D eigenvalue weighted by atomic mass is 35.5. The van der Waals surface area contributed by atoms with E-state index in [0.29, 0.717) is 42.8 Å². The van der Waals surface area contributed by atoms with Crippen LogP contribution in [0.4, 0.5) is 4.39 Å². The van der Waals surface area contributed by atoms with Gasteiger partial charge in [-0.25, -0.2) is 4.79 Å². The fraction of sp³-hybridized carbons (Fsp3) is 0.108. The zero-order valence-electron chi connectivity index (χ0n) is 24.6. The Kier molecular flexibility index (Phi) is 9.49. The number of halogens is 3. The van der Waals surface area contributed by atoms with E-state index < -0.39 is 29.9 Å². The van der Waals surface area contributed by atoms with Gasteiger partial charge in [0.2, 0.25) is 0 Å². The monoisotopic (exact) mass is 671 g/mol. The van der Waals surface area contributed by atoms with E-state index in [1.165, 1.54) is 7.11 Å². The van der Waals surface area contributed by atoms with Crippen molar-refractivity contribution in [1.29, 1.82) is 0 Å². The number of carbonyl (C=O) groups excluding carboxylic acids is 1. The van der Waals surface area contributed by atoms with E-state index >= 15 is 0 Å². The summed E-state index contributed by atoms with van der Waals surface area (Å²) in [5, 5.41) is 11.8. The molecule has 46 heavy (non-hydrogen) atoms. The molecule has 0 saturated heterocycles. The van der Waals surface area contributed by atoms with Crippen molar-refractivity contribution < 1.29 is 23.6 Å². The quantitative estimate of drug-likeness (QED) is 0.123. The van der Waals surface area contributed by atoms with Crippen LogP contribution in [0.15, 0.2) is 120 Å². The van der Waals surface area contributed by atoms with Crippen LogP contribution in [0.2, 0.25) is 10.0 Å². The Morgan fingerprint density at radius 1 is 0.891 bits per heavy atom. The van der Waals surface area contributed by atoms with Crippen molar-refractivity contribution in [2.45, 2.75) is 10.8 Å². The van der Waals surface area contributed by atoms with Crippen molar-refractivity contribution in [3.63, 3.8) is 0 Å². The Morgan fingerprint density at radius 3 is 2.33 bits per heavy atom. The first kappa shape index (κ1) is 31.9. The molecule has 0 fully saturated rings. The van der Waals surface area contributed by atoms with Crippen LogP contribution in [0.3, 0.4) is 0 Å². The molecular weight excluding hydrogens is 644 g/mol. The molecule has 0 radical (unpaired) electrons. The number of nitrogens with zero attached hydrogens (tertiary/aromatic N) is 1. The lowest BCUT2D eigenvalue weighted by atomic mass is 9.88. The zero-order chi connectivity index (χ0) is 32.4. The van der Waals surface area contributed by atoms with Crippen LogP contribution in [0.25, 0.3) is 44.4 Å². The molecular formula is C37H28Cl2FNO4S. The summed E-state index contributed by atoms with van der Waals surface area (Å²) in [7, 11) is 1.31. The Balaban J connectivity index is 1.66.